The minimum Gasteiger partial charge on any atom is -0.452 e. The Bertz CT molecular complexity index is 704. The maximum absolute atomic E-state index is 12.7. The summed E-state index contributed by atoms with van der Waals surface area (Å²) in [5, 5.41) is 0. The highest BCUT2D eigenvalue weighted by atomic mass is 32.2. The molecule has 0 unspecified atom stereocenters. The second kappa shape index (κ2) is 7.31. The van der Waals surface area contributed by atoms with Crippen LogP contribution in [-0.2, 0) is 19.6 Å². The lowest BCUT2D eigenvalue weighted by Gasteiger charge is -2.34. The van der Waals surface area contributed by atoms with Gasteiger partial charge in [-0.3, -0.25) is 4.79 Å². The molecular formula is C16H22N2O5S. The van der Waals surface area contributed by atoms with Crippen LogP contribution in [0.2, 0.25) is 0 Å². The van der Waals surface area contributed by atoms with Gasteiger partial charge in [0.05, 0.1) is 10.5 Å². The van der Waals surface area contributed by atoms with Crippen LogP contribution in [0.3, 0.4) is 0 Å². The molecule has 7 nitrogen and oxygen atoms in total. The Hall–Kier alpha value is -1.93. The third-order valence-electron chi connectivity index (χ3n) is 3.91. The standard InChI is InChI=1S/C16H22N2O5S/c1-11-7-12(2)9-18(8-11)24(21,22)14-5-3-13(4-6-14)16(20)23-10-15(17)19/h3-6,11-12H,7-10H2,1-2H3,(H2,17,19)/t11-,12+. The SMILES string of the molecule is C[C@@H]1C[C@H](C)CN(S(=O)(=O)c2ccc(C(=O)OCC(N)=O)cc2)C1. The topological polar surface area (TPSA) is 107 Å². The van der Waals surface area contributed by atoms with E-state index in [0.29, 0.717) is 24.9 Å². The van der Waals surface area contributed by atoms with E-state index in [4.69, 9.17) is 5.73 Å². The van der Waals surface area contributed by atoms with Crippen molar-refractivity contribution in [1.82, 2.24) is 4.31 Å². The summed E-state index contributed by atoms with van der Waals surface area (Å²) in [5.74, 6) is -0.855. The summed E-state index contributed by atoms with van der Waals surface area (Å²) in [6, 6.07) is 5.49. The van der Waals surface area contributed by atoms with Crippen LogP contribution in [0, 0.1) is 11.8 Å². The number of primary amides is 1. The fourth-order valence-electron chi connectivity index (χ4n) is 2.93. The van der Waals surface area contributed by atoms with E-state index in [2.05, 4.69) is 4.74 Å². The highest BCUT2D eigenvalue weighted by Crippen LogP contribution is 2.26. The summed E-state index contributed by atoms with van der Waals surface area (Å²) in [6.45, 7) is 4.55. The fraction of sp³-hybridized carbons (Fsp3) is 0.500. The predicted octanol–water partition coefficient (Wildman–Crippen LogP) is 0.995. The molecule has 1 amide bonds. The zero-order valence-corrected chi connectivity index (χ0v) is 14.6. The normalized spacial score (nSPS) is 22.1. The van der Waals surface area contributed by atoms with E-state index in [1.807, 2.05) is 13.8 Å². The average molecular weight is 354 g/mol. The number of carbonyl (C=O) groups is 2. The molecule has 1 aromatic carbocycles. The Balaban J connectivity index is 2.14. The van der Waals surface area contributed by atoms with Crippen molar-refractivity contribution in [3.8, 4) is 0 Å². The molecule has 1 aliphatic rings. The fourth-order valence-corrected chi connectivity index (χ4v) is 4.61. The molecule has 8 heteroatoms. The molecule has 1 fully saturated rings. The van der Waals surface area contributed by atoms with Gasteiger partial charge < -0.3 is 10.5 Å². The molecule has 1 saturated heterocycles. The van der Waals surface area contributed by atoms with Crippen molar-refractivity contribution in [3.63, 3.8) is 0 Å². The number of amides is 1. The van der Waals surface area contributed by atoms with Gasteiger partial charge in [0.2, 0.25) is 10.0 Å². The predicted molar refractivity (Wildman–Crippen MR) is 87.6 cm³/mol. The Labute approximate surface area is 141 Å². The molecule has 2 N–H and O–H groups in total. The van der Waals surface area contributed by atoms with Crippen molar-refractivity contribution >= 4 is 21.9 Å². The summed E-state index contributed by atoms with van der Waals surface area (Å²) >= 11 is 0. The third-order valence-corrected chi connectivity index (χ3v) is 5.75. The summed E-state index contributed by atoms with van der Waals surface area (Å²) in [7, 11) is -3.59. The monoisotopic (exact) mass is 354 g/mol. The van der Waals surface area contributed by atoms with Gasteiger partial charge in [-0.05, 0) is 42.5 Å². The molecule has 0 aromatic heterocycles. The Morgan fingerprint density at radius 3 is 2.21 bits per heavy atom. The smallest absolute Gasteiger partial charge is 0.338 e. The molecule has 2 atom stereocenters. The molecule has 0 bridgehead atoms. The lowest BCUT2D eigenvalue weighted by Crippen LogP contribution is -2.42. The molecule has 0 saturated carbocycles. The highest BCUT2D eigenvalue weighted by Gasteiger charge is 2.31. The lowest BCUT2D eigenvalue weighted by atomic mass is 9.94. The van der Waals surface area contributed by atoms with E-state index in [0.717, 1.165) is 6.42 Å². The quantitative estimate of drug-likeness (QED) is 0.794. The summed E-state index contributed by atoms with van der Waals surface area (Å²) in [5.41, 5.74) is 5.07. The van der Waals surface area contributed by atoms with E-state index in [1.54, 1.807) is 0 Å². The summed E-state index contributed by atoms with van der Waals surface area (Å²) in [6.07, 6.45) is 1.01. The molecule has 132 valence electrons. The Morgan fingerprint density at radius 2 is 1.71 bits per heavy atom. The largest absolute Gasteiger partial charge is 0.452 e. The van der Waals surface area contributed by atoms with Crippen LogP contribution in [0.4, 0.5) is 0 Å². The zero-order valence-electron chi connectivity index (χ0n) is 13.8. The molecule has 24 heavy (non-hydrogen) atoms. The van der Waals surface area contributed by atoms with Gasteiger partial charge in [0, 0.05) is 13.1 Å². The molecule has 1 aromatic rings. The average Bonchev–Trinajstić information content (AvgIpc) is 2.51. The lowest BCUT2D eigenvalue weighted by molar-refractivity contribution is -0.121. The number of carbonyl (C=O) groups excluding carboxylic acids is 2. The molecule has 1 aliphatic heterocycles. The molecule has 0 radical (unpaired) electrons. The van der Waals surface area contributed by atoms with Crippen molar-refractivity contribution in [1.29, 1.82) is 0 Å². The van der Waals surface area contributed by atoms with Gasteiger partial charge in [-0.25, -0.2) is 13.2 Å². The van der Waals surface area contributed by atoms with Crippen LogP contribution in [0.1, 0.15) is 30.6 Å². The van der Waals surface area contributed by atoms with Crippen LogP contribution in [0.25, 0.3) is 0 Å². The third kappa shape index (κ3) is 4.33. The number of hydrogen-bond donors (Lipinski definition) is 1. The number of rotatable bonds is 5. The Kier molecular flexibility index (Phi) is 5.61. The second-order valence-electron chi connectivity index (χ2n) is 6.33. The van der Waals surface area contributed by atoms with Crippen LogP contribution < -0.4 is 5.73 Å². The minimum absolute atomic E-state index is 0.134. The van der Waals surface area contributed by atoms with Crippen molar-refractivity contribution in [2.24, 2.45) is 17.6 Å². The van der Waals surface area contributed by atoms with Crippen LogP contribution >= 0.6 is 0 Å². The Morgan fingerprint density at radius 1 is 1.17 bits per heavy atom. The number of nitrogens with zero attached hydrogens (tertiary/aromatic N) is 1. The van der Waals surface area contributed by atoms with Crippen LogP contribution in [0.5, 0.6) is 0 Å². The number of piperidine rings is 1. The maximum atomic E-state index is 12.7. The first-order valence-electron chi connectivity index (χ1n) is 7.75. The van der Waals surface area contributed by atoms with Crippen LogP contribution in [-0.4, -0.2) is 44.3 Å². The van der Waals surface area contributed by atoms with Gasteiger partial charge in [-0.1, -0.05) is 13.8 Å². The molecule has 0 spiro atoms. The molecule has 1 heterocycles. The first kappa shape index (κ1) is 18.4. The van der Waals surface area contributed by atoms with E-state index < -0.39 is 28.5 Å². The van der Waals surface area contributed by atoms with Gasteiger partial charge in [0.1, 0.15) is 0 Å². The zero-order chi connectivity index (χ0) is 17.9. The van der Waals surface area contributed by atoms with Crippen molar-refractivity contribution in [2.45, 2.75) is 25.2 Å². The maximum Gasteiger partial charge on any atom is 0.338 e. The van der Waals surface area contributed by atoms with Gasteiger partial charge in [0.25, 0.3) is 5.91 Å². The number of benzene rings is 1. The van der Waals surface area contributed by atoms with Gasteiger partial charge in [-0.2, -0.15) is 4.31 Å². The molecule has 0 aliphatic carbocycles. The van der Waals surface area contributed by atoms with E-state index >= 15 is 0 Å². The van der Waals surface area contributed by atoms with Gasteiger partial charge in [0.15, 0.2) is 6.61 Å². The number of sulfonamides is 1. The van der Waals surface area contributed by atoms with Crippen LogP contribution in [0.15, 0.2) is 29.2 Å². The van der Waals surface area contributed by atoms with Crippen molar-refractivity contribution in [3.05, 3.63) is 29.8 Å². The second-order valence-corrected chi connectivity index (χ2v) is 8.27. The number of ether oxygens (including phenoxy) is 1. The summed E-state index contributed by atoms with van der Waals surface area (Å²) in [4.78, 5) is 22.5. The van der Waals surface area contributed by atoms with E-state index in [-0.39, 0.29) is 10.5 Å². The van der Waals surface area contributed by atoms with Gasteiger partial charge in [-0.15, -0.1) is 0 Å². The number of nitrogens with two attached hydrogens (primary N) is 1. The highest BCUT2D eigenvalue weighted by molar-refractivity contribution is 7.89. The van der Waals surface area contributed by atoms with E-state index in [9.17, 15) is 18.0 Å². The molecule has 2 rings (SSSR count). The first-order chi connectivity index (χ1) is 11.2. The number of hydrogen-bond acceptors (Lipinski definition) is 5. The van der Waals surface area contributed by atoms with Gasteiger partial charge >= 0.3 is 5.97 Å². The van der Waals surface area contributed by atoms with Crippen molar-refractivity contribution < 1.29 is 22.7 Å². The minimum atomic E-state index is -3.59. The van der Waals surface area contributed by atoms with E-state index in [1.165, 1.54) is 28.6 Å². The van der Waals surface area contributed by atoms with Crippen molar-refractivity contribution in [2.75, 3.05) is 19.7 Å². The number of esters is 1. The molecular weight excluding hydrogens is 332 g/mol. The first-order valence-corrected chi connectivity index (χ1v) is 9.19. The summed E-state index contributed by atoms with van der Waals surface area (Å²) < 4.78 is 31.6.